The molecule has 0 bridgehead atoms. The van der Waals surface area contributed by atoms with Crippen LogP contribution in [0.15, 0.2) is 60.8 Å². The van der Waals surface area contributed by atoms with Gasteiger partial charge in [0.2, 0.25) is 5.91 Å². The van der Waals surface area contributed by atoms with Gasteiger partial charge in [-0.3, -0.25) is 9.48 Å². The van der Waals surface area contributed by atoms with Crippen LogP contribution in [-0.4, -0.2) is 29.9 Å². The van der Waals surface area contributed by atoms with Crippen LogP contribution in [0.1, 0.15) is 18.1 Å². The van der Waals surface area contributed by atoms with Crippen molar-refractivity contribution in [2.45, 2.75) is 12.7 Å². The summed E-state index contributed by atoms with van der Waals surface area (Å²) in [6, 6.07) is 12.8. The first-order valence-corrected chi connectivity index (χ1v) is 11.2. The topological polar surface area (TPSA) is 81.1 Å². The van der Waals surface area contributed by atoms with Crippen molar-refractivity contribution in [2.75, 3.05) is 11.1 Å². The number of benzene rings is 2. The molecule has 8 heteroatoms. The molecule has 3 rings (SSSR count). The van der Waals surface area contributed by atoms with Gasteiger partial charge in [0.15, 0.2) is 9.84 Å². The summed E-state index contributed by atoms with van der Waals surface area (Å²) < 4.78 is 38.2. The molecule has 3 aromatic rings. The van der Waals surface area contributed by atoms with Gasteiger partial charge in [-0.25, -0.2) is 12.8 Å². The Morgan fingerprint density at radius 1 is 1.13 bits per heavy atom. The Hall–Kier alpha value is -3.26. The summed E-state index contributed by atoms with van der Waals surface area (Å²) in [6.45, 7) is 1.61. The Labute approximate surface area is 175 Å². The molecule has 1 aromatic heterocycles. The molecule has 0 spiro atoms. The minimum absolute atomic E-state index is 0.0230. The minimum Gasteiger partial charge on any atom is -0.323 e. The Kier molecular flexibility index (Phi) is 6.47. The Bertz CT molecular complexity index is 1170. The fraction of sp³-hybridized carbons (Fsp3) is 0.182. The maximum atomic E-state index is 13.2. The number of aromatic nitrogens is 2. The molecule has 156 valence electrons. The number of halogens is 1. The van der Waals surface area contributed by atoms with E-state index in [-0.39, 0.29) is 23.2 Å². The van der Waals surface area contributed by atoms with Gasteiger partial charge in [-0.1, -0.05) is 19.1 Å². The molecule has 0 unspecified atom stereocenters. The van der Waals surface area contributed by atoms with Crippen molar-refractivity contribution < 1.29 is 17.6 Å². The SMILES string of the molecule is CCS(=O)(=O)Cc1ccc(NC(=O)C=Cc2cnn(C)c2-c2ccc(F)cc2)cc1. The van der Waals surface area contributed by atoms with E-state index in [1.807, 2.05) is 0 Å². The Morgan fingerprint density at radius 3 is 2.43 bits per heavy atom. The lowest BCUT2D eigenvalue weighted by Gasteiger charge is -2.06. The largest absolute Gasteiger partial charge is 0.323 e. The lowest BCUT2D eigenvalue weighted by molar-refractivity contribution is -0.111. The van der Waals surface area contributed by atoms with Crippen LogP contribution in [0.3, 0.4) is 0 Å². The van der Waals surface area contributed by atoms with Crippen molar-refractivity contribution in [3.05, 3.63) is 77.7 Å². The lowest BCUT2D eigenvalue weighted by Crippen LogP contribution is -2.09. The van der Waals surface area contributed by atoms with Crippen molar-refractivity contribution in [2.24, 2.45) is 7.05 Å². The van der Waals surface area contributed by atoms with E-state index >= 15 is 0 Å². The van der Waals surface area contributed by atoms with Gasteiger partial charge in [-0.15, -0.1) is 0 Å². The molecule has 2 aromatic carbocycles. The fourth-order valence-electron chi connectivity index (χ4n) is 2.93. The second-order valence-electron chi connectivity index (χ2n) is 6.78. The quantitative estimate of drug-likeness (QED) is 0.582. The summed E-state index contributed by atoms with van der Waals surface area (Å²) >= 11 is 0. The van der Waals surface area contributed by atoms with Gasteiger partial charge < -0.3 is 5.32 Å². The molecule has 0 fully saturated rings. The zero-order valence-electron chi connectivity index (χ0n) is 16.7. The molecule has 1 heterocycles. The van der Waals surface area contributed by atoms with Gasteiger partial charge in [-0.05, 0) is 48.0 Å². The molecule has 0 atom stereocenters. The van der Waals surface area contributed by atoms with E-state index < -0.39 is 9.84 Å². The van der Waals surface area contributed by atoms with Crippen molar-refractivity contribution in [3.8, 4) is 11.3 Å². The zero-order valence-corrected chi connectivity index (χ0v) is 17.5. The molecule has 0 aliphatic carbocycles. The summed E-state index contributed by atoms with van der Waals surface area (Å²) in [5.41, 5.74) is 3.51. The molecule has 0 aliphatic rings. The second-order valence-corrected chi connectivity index (χ2v) is 9.13. The number of anilines is 1. The maximum absolute atomic E-state index is 13.2. The predicted octanol–water partition coefficient (Wildman–Crippen LogP) is 3.81. The van der Waals surface area contributed by atoms with E-state index in [1.165, 1.54) is 18.2 Å². The highest BCUT2D eigenvalue weighted by molar-refractivity contribution is 7.90. The van der Waals surface area contributed by atoms with Crippen LogP contribution in [0.2, 0.25) is 0 Å². The Balaban J connectivity index is 1.69. The van der Waals surface area contributed by atoms with Crippen LogP contribution in [0.4, 0.5) is 10.1 Å². The van der Waals surface area contributed by atoms with Gasteiger partial charge in [0.25, 0.3) is 0 Å². The van der Waals surface area contributed by atoms with Crippen LogP contribution in [-0.2, 0) is 27.4 Å². The van der Waals surface area contributed by atoms with Crippen molar-refractivity contribution >= 4 is 27.5 Å². The molecule has 0 saturated carbocycles. The summed E-state index contributed by atoms with van der Waals surface area (Å²) in [5.74, 6) is -0.594. The van der Waals surface area contributed by atoms with Crippen molar-refractivity contribution in [1.82, 2.24) is 9.78 Å². The number of amides is 1. The third-order valence-electron chi connectivity index (χ3n) is 4.55. The molecular weight excluding hydrogens is 405 g/mol. The normalized spacial score (nSPS) is 11.7. The molecule has 1 amide bonds. The lowest BCUT2D eigenvalue weighted by atomic mass is 10.1. The highest BCUT2D eigenvalue weighted by Gasteiger charge is 2.10. The number of nitrogens with one attached hydrogen (secondary N) is 1. The van der Waals surface area contributed by atoms with Gasteiger partial charge in [0, 0.05) is 35.7 Å². The standard InChI is InChI=1S/C22H22FN3O3S/c1-3-30(28,29)15-16-4-11-20(12-5-16)25-21(27)13-8-18-14-24-26(2)22(18)17-6-9-19(23)10-7-17/h4-14H,3,15H2,1-2H3,(H,25,27). The van der Waals surface area contributed by atoms with Gasteiger partial charge in [0.1, 0.15) is 5.82 Å². The molecule has 1 N–H and O–H groups in total. The summed E-state index contributed by atoms with van der Waals surface area (Å²) in [6.07, 6.45) is 4.66. The molecule has 0 aliphatic heterocycles. The van der Waals surface area contributed by atoms with E-state index in [1.54, 1.807) is 67.3 Å². The first kappa shape index (κ1) is 21.4. The highest BCUT2D eigenvalue weighted by Crippen LogP contribution is 2.24. The number of sulfone groups is 1. The van der Waals surface area contributed by atoms with Gasteiger partial charge >= 0.3 is 0 Å². The molecule has 0 radical (unpaired) electrons. The van der Waals surface area contributed by atoms with Crippen molar-refractivity contribution in [3.63, 3.8) is 0 Å². The Morgan fingerprint density at radius 2 is 1.80 bits per heavy atom. The number of rotatable bonds is 7. The van der Waals surface area contributed by atoms with Gasteiger partial charge in [-0.2, -0.15) is 5.10 Å². The predicted molar refractivity (Wildman–Crippen MR) is 116 cm³/mol. The fourth-order valence-corrected chi connectivity index (χ4v) is 3.83. The first-order valence-electron chi connectivity index (χ1n) is 9.34. The maximum Gasteiger partial charge on any atom is 0.248 e. The minimum atomic E-state index is -3.10. The third kappa shape index (κ3) is 5.42. The average molecular weight is 428 g/mol. The number of hydrogen-bond acceptors (Lipinski definition) is 4. The first-order chi connectivity index (χ1) is 14.3. The molecule has 30 heavy (non-hydrogen) atoms. The van der Waals surface area contributed by atoms with E-state index in [4.69, 9.17) is 0 Å². The molecular formula is C22H22FN3O3S. The molecule has 0 saturated heterocycles. The highest BCUT2D eigenvalue weighted by atomic mass is 32.2. The zero-order chi connectivity index (χ0) is 21.7. The van der Waals surface area contributed by atoms with Crippen molar-refractivity contribution in [1.29, 1.82) is 0 Å². The van der Waals surface area contributed by atoms with Crippen LogP contribution in [0.25, 0.3) is 17.3 Å². The summed E-state index contributed by atoms with van der Waals surface area (Å²) in [7, 11) is -1.33. The average Bonchev–Trinajstić information content (AvgIpc) is 3.09. The van der Waals surface area contributed by atoms with E-state index in [2.05, 4.69) is 10.4 Å². The summed E-state index contributed by atoms with van der Waals surface area (Å²) in [5, 5.41) is 6.95. The second kappa shape index (κ2) is 9.04. The van der Waals surface area contributed by atoms with E-state index in [0.717, 1.165) is 16.8 Å². The summed E-state index contributed by atoms with van der Waals surface area (Å²) in [4.78, 5) is 12.3. The van der Waals surface area contributed by atoms with Gasteiger partial charge in [0.05, 0.1) is 17.6 Å². The van der Waals surface area contributed by atoms with Crippen LogP contribution >= 0.6 is 0 Å². The number of aryl methyl sites for hydroxylation is 1. The molecule has 6 nitrogen and oxygen atoms in total. The number of nitrogens with zero attached hydrogens (tertiary/aromatic N) is 2. The monoisotopic (exact) mass is 427 g/mol. The van der Waals surface area contributed by atoms with Crippen LogP contribution in [0, 0.1) is 5.82 Å². The number of carbonyl (C=O) groups is 1. The smallest absolute Gasteiger partial charge is 0.248 e. The van der Waals surface area contributed by atoms with Crippen LogP contribution in [0.5, 0.6) is 0 Å². The number of carbonyl (C=O) groups excluding carboxylic acids is 1. The number of hydrogen-bond donors (Lipinski definition) is 1. The van der Waals surface area contributed by atoms with Crippen LogP contribution < -0.4 is 5.32 Å². The third-order valence-corrected chi connectivity index (χ3v) is 6.20. The van der Waals surface area contributed by atoms with E-state index in [9.17, 15) is 17.6 Å². The van der Waals surface area contributed by atoms with E-state index in [0.29, 0.717) is 11.3 Å².